The fourth-order valence-corrected chi connectivity index (χ4v) is 4.12. The molecule has 1 heterocycles. The minimum atomic E-state index is -0.350. The standard InChI is InChI=1S/C18H34N2O3/c1-14(21)11-17(2,3)13-19-16(22)20-15-7-10-23-18(12-15)8-5-4-6-9-18/h14-15,21H,4-13H2,1-3H3,(H2,19,20,22). The van der Waals surface area contributed by atoms with Crippen molar-refractivity contribution in [2.24, 2.45) is 5.41 Å². The largest absolute Gasteiger partial charge is 0.393 e. The first kappa shape index (κ1) is 18.5. The number of nitrogens with one attached hydrogen (secondary N) is 2. The van der Waals surface area contributed by atoms with Gasteiger partial charge in [-0.2, -0.15) is 0 Å². The molecule has 5 heteroatoms. The summed E-state index contributed by atoms with van der Waals surface area (Å²) in [5.74, 6) is 0. The molecule has 1 aliphatic heterocycles. The summed E-state index contributed by atoms with van der Waals surface area (Å²) in [4.78, 5) is 12.2. The maximum absolute atomic E-state index is 12.2. The van der Waals surface area contributed by atoms with Crippen molar-refractivity contribution in [1.29, 1.82) is 0 Å². The van der Waals surface area contributed by atoms with Crippen molar-refractivity contribution in [3.05, 3.63) is 0 Å². The highest BCUT2D eigenvalue weighted by atomic mass is 16.5. The Bertz CT molecular complexity index is 384. The number of hydrogen-bond donors (Lipinski definition) is 3. The summed E-state index contributed by atoms with van der Waals surface area (Å²) in [6, 6.07) is 0.114. The highest BCUT2D eigenvalue weighted by Gasteiger charge is 2.38. The minimum absolute atomic E-state index is 0.0139. The molecule has 1 saturated heterocycles. The third kappa shape index (κ3) is 5.96. The molecule has 2 amide bonds. The zero-order chi connectivity index (χ0) is 16.9. The van der Waals surface area contributed by atoms with Crippen LogP contribution in [0.5, 0.6) is 0 Å². The quantitative estimate of drug-likeness (QED) is 0.727. The molecule has 5 nitrogen and oxygen atoms in total. The maximum Gasteiger partial charge on any atom is 0.315 e. The SMILES string of the molecule is CC(O)CC(C)(C)CNC(=O)NC1CCOC2(CCCCC2)C1. The van der Waals surface area contributed by atoms with Gasteiger partial charge in [-0.25, -0.2) is 4.79 Å². The number of aliphatic hydroxyl groups excluding tert-OH is 1. The summed E-state index contributed by atoms with van der Waals surface area (Å²) < 4.78 is 6.08. The molecule has 0 aromatic rings. The van der Waals surface area contributed by atoms with Crippen LogP contribution in [0.15, 0.2) is 0 Å². The van der Waals surface area contributed by atoms with E-state index in [9.17, 15) is 9.90 Å². The Labute approximate surface area is 140 Å². The van der Waals surface area contributed by atoms with Gasteiger partial charge in [0.2, 0.25) is 0 Å². The Morgan fingerprint density at radius 2 is 2.04 bits per heavy atom. The van der Waals surface area contributed by atoms with Gasteiger partial charge in [-0.3, -0.25) is 0 Å². The molecule has 23 heavy (non-hydrogen) atoms. The van der Waals surface area contributed by atoms with Crippen molar-refractivity contribution in [2.45, 2.75) is 89.9 Å². The summed E-state index contributed by atoms with van der Waals surface area (Å²) in [7, 11) is 0. The zero-order valence-electron chi connectivity index (χ0n) is 15.0. The average molecular weight is 326 g/mol. The predicted octanol–water partition coefficient (Wildman–Crippen LogP) is 2.96. The second-order valence-electron chi connectivity index (χ2n) is 8.33. The van der Waals surface area contributed by atoms with Crippen molar-refractivity contribution in [1.82, 2.24) is 10.6 Å². The molecule has 0 radical (unpaired) electrons. The van der Waals surface area contributed by atoms with Crippen LogP contribution in [-0.4, -0.2) is 42.0 Å². The first-order chi connectivity index (χ1) is 10.8. The van der Waals surface area contributed by atoms with Crippen molar-refractivity contribution >= 4 is 6.03 Å². The van der Waals surface area contributed by atoms with Gasteiger partial charge in [0.1, 0.15) is 0 Å². The van der Waals surface area contributed by atoms with Crippen LogP contribution in [0.3, 0.4) is 0 Å². The first-order valence-electron chi connectivity index (χ1n) is 9.17. The lowest BCUT2D eigenvalue weighted by Gasteiger charge is -2.43. The fourth-order valence-electron chi connectivity index (χ4n) is 4.12. The average Bonchev–Trinajstić information content (AvgIpc) is 2.45. The van der Waals surface area contributed by atoms with Crippen LogP contribution in [0.2, 0.25) is 0 Å². The lowest BCUT2D eigenvalue weighted by molar-refractivity contribution is -0.107. The summed E-state index contributed by atoms with van der Waals surface area (Å²) in [6.07, 6.45) is 8.22. The molecule has 2 aliphatic rings. The van der Waals surface area contributed by atoms with Crippen molar-refractivity contribution in [3.63, 3.8) is 0 Å². The molecule has 1 spiro atoms. The predicted molar refractivity (Wildman–Crippen MR) is 91.4 cm³/mol. The molecular weight excluding hydrogens is 292 g/mol. The van der Waals surface area contributed by atoms with Crippen LogP contribution in [0.1, 0.15) is 72.1 Å². The van der Waals surface area contributed by atoms with E-state index in [4.69, 9.17) is 4.74 Å². The molecule has 134 valence electrons. The van der Waals surface area contributed by atoms with Gasteiger partial charge in [-0.05, 0) is 44.4 Å². The summed E-state index contributed by atoms with van der Waals surface area (Å²) in [5, 5.41) is 15.6. The van der Waals surface area contributed by atoms with E-state index in [1.807, 2.05) is 0 Å². The van der Waals surface area contributed by atoms with Crippen molar-refractivity contribution < 1.29 is 14.6 Å². The first-order valence-corrected chi connectivity index (χ1v) is 9.17. The van der Waals surface area contributed by atoms with E-state index >= 15 is 0 Å². The number of rotatable bonds is 5. The molecule has 1 aliphatic carbocycles. The van der Waals surface area contributed by atoms with E-state index in [0.717, 1.165) is 32.3 Å². The molecule has 2 unspecified atom stereocenters. The van der Waals surface area contributed by atoms with Crippen LogP contribution in [0, 0.1) is 5.41 Å². The molecule has 2 rings (SSSR count). The Morgan fingerprint density at radius 3 is 2.70 bits per heavy atom. The zero-order valence-corrected chi connectivity index (χ0v) is 15.0. The number of aliphatic hydroxyl groups is 1. The van der Waals surface area contributed by atoms with Gasteiger partial charge in [0, 0.05) is 19.2 Å². The molecule has 0 bridgehead atoms. The molecule has 3 N–H and O–H groups in total. The molecule has 0 aromatic heterocycles. The molecule has 2 atom stereocenters. The number of amides is 2. The van der Waals surface area contributed by atoms with Crippen LogP contribution in [0.4, 0.5) is 4.79 Å². The number of hydrogen-bond acceptors (Lipinski definition) is 3. The summed E-state index contributed by atoms with van der Waals surface area (Å²) in [5.41, 5.74) is -0.0915. The minimum Gasteiger partial charge on any atom is -0.393 e. The third-order valence-corrected chi connectivity index (χ3v) is 5.17. The van der Waals surface area contributed by atoms with Gasteiger partial charge in [0.15, 0.2) is 0 Å². The number of urea groups is 1. The molecule has 0 aromatic carbocycles. The Balaban J connectivity index is 1.76. The maximum atomic E-state index is 12.2. The lowest BCUT2D eigenvalue weighted by Crippen LogP contribution is -2.52. The fraction of sp³-hybridized carbons (Fsp3) is 0.944. The van der Waals surface area contributed by atoms with Gasteiger partial charge in [-0.1, -0.05) is 33.1 Å². The molecule has 2 fully saturated rings. The number of carbonyl (C=O) groups excluding carboxylic acids is 1. The Kier molecular flexibility index (Phi) is 6.32. The smallest absolute Gasteiger partial charge is 0.315 e. The van der Waals surface area contributed by atoms with Crippen LogP contribution >= 0.6 is 0 Å². The Morgan fingerprint density at radius 1 is 1.35 bits per heavy atom. The second-order valence-corrected chi connectivity index (χ2v) is 8.33. The lowest BCUT2D eigenvalue weighted by atomic mass is 9.78. The van der Waals surface area contributed by atoms with Gasteiger partial charge in [0.25, 0.3) is 0 Å². The van der Waals surface area contributed by atoms with E-state index in [1.165, 1.54) is 19.3 Å². The third-order valence-electron chi connectivity index (χ3n) is 5.17. The van der Waals surface area contributed by atoms with Crippen molar-refractivity contribution in [3.8, 4) is 0 Å². The van der Waals surface area contributed by atoms with E-state index in [-0.39, 0.29) is 29.2 Å². The topological polar surface area (TPSA) is 70.6 Å². The van der Waals surface area contributed by atoms with E-state index in [1.54, 1.807) is 6.92 Å². The van der Waals surface area contributed by atoms with Crippen LogP contribution < -0.4 is 10.6 Å². The van der Waals surface area contributed by atoms with E-state index < -0.39 is 0 Å². The summed E-state index contributed by atoms with van der Waals surface area (Å²) in [6.45, 7) is 7.22. The van der Waals surface area contributed by atoms with E-state index in [2.05, 4.69) is 24.5 Å². The normalized spacial score (nSPS) is 25.8. The highest BCUT2D eigenvalue weighted by Crippen LogP contribution is 2.38. The monoisotopic (exact) mass is 326 g/mol. The van der Waals surface area contributed by atoms with Gasteiger partial charge >= 0.3 is 6.03 Å². The molecular formula is C18H34N2O3. The van der Waals surface area contributed by atoms with Gasteiger partial charge in [-0.15, -0.1) is 0 Å². The highest BCUT2D eigenvalue weighted by molar-refractivity contribution is 5.74. The van der Waals surface area contributed by atoms with Crippen LogP contribution in [-0.2, 0) is 4.74 Å². The number of carbonyl (C=O) groups is 1. The molecule has 1 saturated carbocycles. The van der Waals surface area contributed by atoms with Crippen LogP contribution in [0.25, 0.3) is 0 Å². The summed E-state index contributed by atoms with van der Waals surface area (Å²) >= 11 is 0. The number of ether oxygens (including phenoxy) is 1. The van der Waals surface area contributed by atoms with Gasteiger partial charge in [0.05, 0.1) is 11.7 Å². The van der Waals surface area contributed by atoms with E-state index in [0.29, 0.717) is 13.0 Å². The Hall–Kier alpha value is -0.810. The second kappa shape index (κ2) is 7.84. The van der Waals surface area contributed by atoms with Gasteiger partial charge < -0.3 is 20.5 Å². The van der Waals surface area contributed by atoms with Crippen molar-refractivity contribution in [2.75, 3.05) is 13.2 Å².